The smallest absolute Gasteiger partial charge is 0.268 e. The van der Waals surface area contributed by atoms with E-state index in [0.717, 1.165) is 6.54 Å². The summed E-state index contributed by atoms with van der Waals surface area (Å²) in [5.41, 5.74) is 7.00. The molecule has 0 radical (unpaired) electrons. The van der Waals surface area contributed by atoms with Crippen molar-refractivity contribution >= 4 is 11.6 Å². The summed E-state index contributed by atoms with van der Waals surface area (Å²) in [4.78, 5) is 14.2. The second-order valence-corrected chi connectivity index (χ2v) is 5.30. The topological polar surface area (TPSA) is 63.3 Å². The first-order valence-electron chi connectivity index (χ1n) is 6.24. The minimum absolute atomic E-state index is 0.0743. The molecule has 0 aromatic carbocycles. The molecule has 0 saturated carbocycles. The maximum atomic E-state index is 12.2. The summed E-state index contributed by atoms with van der Waals surface area (Å²) in [6, 6.07) is 2.04. The van der Waals surface area contributed by atoms with Gasteiger partial charge in [-0.3, -0.25) is 4.79 Å². The molecule has 1 heterocycles. The van der Waals surface area contributed by atoms with Gasteiger partial charge in [0.25, 0.3) is 5.91 Å². The first-order valence-corrected chi connectivity index (χ1v) is 6.24. The Balaban J connectivity index is 2.78. The molecule has 0 spiro atoms. The average Bonchev–Trinajstić information content (AvgIpc) is 2.58. The van der Waals surface area contributed by atoms with Crippen molar-refractivity contribution in [3.8, 4) is 0 Å². The number of carbonyl (C=O) groups is 1. The third-order valence-corrected chi connectivity index (χ3v) is 2.68. The third kappa shape index (κ3) is 3.77. The number of rotatable bonds is 5. The Labute approximate surface area is 109 Å². The van der Waals surface area contributed by atoms with Crippen LogP contribution in [0, 0.1) is 0 Å². The van der Waals surface area contributed by atoms with E-state index in [1.165, 1.54) is 0 Å². The van der Waals surface area contributed by atoms with E-state index in [9.17, 15) is 4.79 Å². The molecule has 102 valence electrons. The number of nitrogens with zero attached hydrogens (tertiary/aromatic N) is 2. The number of anilines is 1. The summed E-state index contributed by atoms with van der Waals surface area (Å²) in [6.07, 6.45) is 1.80. The highest BCUT2D eigenvalue weighted by Crippen LogP contribution is 2.16. The molecule has 0 bridgehead atoms. The average molecular weight is 252 g/mol. The van der Waals surface area contributed by atoms with Crippen LogP contribution < -0.4 is 11.1 Å². The van der Waals surface area contributed by atoms with Crippen LogP contribution in [0.15, 0.2) is 12.3 Å². The molecule has 0 aliphatic heterocycles. The second-order valence-electron chi connectivity index (χ2n) is 5.30. The van der Waals surface area contributed by atoms with Gasteiger partial charge in [0.05, 0.1) is 5.69 Å². The van der Waals surface area contributed by atoms with E-state index in [0.29, 0.717) is 11.4 Å². The van der Waals surface area contributed by atoms with E-state index >= 15 is 0 Å². The van der Waals surface area contributed by atoms with Gasteiger partial charge in [-0.25, -0.2) is 0 Å². The molecule has 3 N–H and O–H groups in total. The Morgan fingerprint density at radius 1 is 1.44 bits per heavy atom. The van der Waals surface area contributed by atoms with Gasteiger partial charge in [-0.05, 0) is 40.9 Å². The van der Waals surface area contributed by atoms with Gasteiger partial charge in [-0.1, -0.05) is 0 Å². The maximum Gasteiger partial charge on any atom is 0.268 e. The zero-order chi connectivity index (χ0) is 13.9. The van der Waals surface area contributed by atoms with Crippen molar-refractivity contribution < 1.29 is 4.79 Å². The normalized spacial score (nSPS) is 13.1. The van der Waals surface area contributed by atoms with Crippen LogP contribution in [-0.2, 0) is 0 Å². The lowest BCUT2D eigenvalue weighted by atomic mass is 10.3. The van der Waals surface area contributed by atoms with E-state index in [4.69, 9.17) is 5.73 Å². The van der Waals surface area contributed by atoms with E-state index in [1.807, 2.05) is 44.3 Å². The zero-order valence-corrected chi connectivity index (χ0v) is 11.9. The van der Waals surface area contributed by atoms with Crippen LogP contribution in [-0.4, -0.2) is 42.1 Å². The molecular weight excluding hydrogens is 228 g/mol. The minimum Gasteiger partial charge on any atom is -0.397 e. The molecule has 0 aliphatic carbocycles. The molecule has 1 rings (SSSR count). The Morgan fingerprint density at radius 3 is 2.56 bits per heavy atom. The van der Waals surface area contributed by atoms with Crippen molar-refractivity contribution in [2.45, 2.75) is 32.9 Å². The molecule has 1 aromatic rings. The van der Waals surface area contributed by atoms with Crippen molar-refractivity contribution in [2.24, 2.45) is 0 Å². The number of amides is 1. The van der Waals surface area contributed by atoms with Crippen LogP contribution in [0.1, 0.15) is 37.3 Å². The van der Waals surface area contributed by atoms with Gasteiger partial charge in [0.15, 0.2) is 0 Å². The highest BCUT2D eigenvalue weighted by Gasteiger charge is 2.16. The Bertz CT molecular complexity index is 409. The Kier molecular flexibility index (Phi) is 4.78. The molecule has 18 heavy (non-hydrogen) atoms. The fraction of sp³-hybridized carbons (Fsp3) is 0.615. The quantitative estimate of drug-likeness (QED) is 0.831. The van der Waals surface area contributed by atoms with Gasteiger partial charge in [0.1, 0.15) is 5.69 Å². The van der Waals surface area contributed by atoms with Crippen LogP contribution in [0.4, 0.5) is 5.69 Å². The highest BCUT2D eigenvalue weighted by molar-refractivity contribution is 5.94. The van der Waals surface area contributed by atoms with Gasteiger partial charge >= 0.3 is 0 Å². The first kappa shape index (κ1) is 14.6. The standard InChI is InChI=1S/C13H24N4O/c1-9(2)17-8-11(14)6-12(17)13(18)15-10(3)7-16(4)5/h6,8-10H,7,14H2,1-5H3,(H,15,18). The van der Waals surface area contributed by atoms with Crippen LogP contribution in [0.3, 0.4) is 0 Å². The lowest BCUT2D eigenvalue weighted by Gasteiger charge is -2.19. The highest BCUT2D eigenvalue weighted by atomic mass is 16.2. The molecule has 0 saturated heterocycles. The number of hydrogen-bond donors (Lipinski definition) is 2. The largest absolute Gasteiger partial charge is 0.397 e. The lowest BCUT2D eigenvalue weighted by Crippen LogP contribution is -2.40. The lowest BCUT2D eigenvalue weighted by molar-refractivity contribution is 0.0923. The van der Waals surface area contributed by atoms with Crippen LogP contribution >= 0.6 is 0 Å². The number of nitrogens with two attached hydrogens (primary N) is 1. The van der Waals surface area contributed by atoms with E-state index in [-0.39, 0.29) is 18.0 Å². The SMILES string of the molecule is CC(CN(C)C)NC(=O)c1cc(N)cn1C(C)C. The van der Waals surface area contributed by atoms with Crippen LogP contribution in [0.5, 0.6) is 0 Å². The van der Waals surface area contributed by atoms with Crippen molar-refractivity contribution in [1.29, 1.82) is 0 Å². The molecule has 1 amide bonds. The number of aromatic nitrogens is 1. The molecular formula is C13H24N4O. The van der Waals surface area contributed by atoms with Crippen molar-refractivity contribution in [2.75, 3.05) is 26.4 Å². The van der Waals surface area contributed by atoms with Crippen LogP contribution in [0.2, 0.25) is 0 Å². The Hall–Kier alpha value is -1.49. The van der Waals surface area contributed by atoms with Gasteiger partial charge < -0.3 is 20.5 Å². The zero-order valence-electron chi connectivity index (χ0n) is 11.9. The molecule has 1 aromatic heterocycles. The second kappa shape index (κ2) is 5.91. The molecule has 1 unspecified atom stereocenters. The summed E-state index contributed by atoms with van der Waals surface area (Å²) in [5, 5.41) is 2.98. The van der Waals surface area contributed by atoms with Gasteiger partial charge in [0, 0.05) is 24.8 Å². The first-order chi connectivity index (χ1) is 8.31. The maximum absolute atomic E-state index is 12.2. The summed E-state index contributed by atoms with van der Waals surface area (Å²) < 4.78 is 1.90. The van der Waals surface area contributed by atoms with Gasteiger partial charge in [-0.2, -0.15) is 0 Å². The molecule has 5 nitrogen and oxygen atoms in total. The molecule has 5 heteroatoms. The minimum atomic E-state index is -0.0743. The number of nitrogen functional groups attached to an aromatic ring is 1. The summed E-state index contributed by atoms with van der Waals surface area (Å²) in [6.45, 7) is 6.85. The van der Waals surface area contributed by atoms with E-state index < -0.39 is 0 Å². The van der Waals surface area contributed by atoms with Crippen molar-refractivity contribution in [1.82, 2.24) is 14.8 Å². The number of hydrogen-bond acceptors (Lipinski definition) is 3. The van der Waals surface area contributed by atoms with Crippen molar-refractivity contribution in [3.63, 3.8) is 0 Å². The summed E-state index contributed by atoms with van der Waals surface area (Å²) >= 11 is 0. The number of carbonyl (C=O) groups excluding carboxylic acids is 1. The fourth-order valence-electron chi connectivity index (χ4n) is 2.00. The van der Waals surface area contributed by atoms with E-state index in [1.54, 1.807) is 12.3 Å². The monoisotopic (exact) mass is 252 g/mol. The van der Waals surface area contributed by atoms with Crippen molar-refractivity contribution in [3.05, 3.63) is 18.0 Å². The predicted molar refractivity (Wildman–Crippen MR) is 74.7 cm³/mol. The number of nitrogens with one attached hydrogen (secondary N) is 1. The summed E-state index contributed by atoms with van der Waals surface area (Å²) in [5.74, 6) is -0.0743. The molecule has 0 aliphatic rings. The fourth-order valence-corrected chi connectivity index (χ4v) is 2.00. The molecule has 1 atom stereocenters. The third-order valence-electron chi connectivity index (χ3n) is 2.68. The van der Waals surface area contributed by atoms with Gasteiger partial charge in [-0.15, -0.1) is 0 Å². The molecule has 0 fully saturated rings. The number of likely N-dealkylation sites (N-methyl/N-ethyl adjacent to an activating group) is 1. The van der Waals surface area contributed by atoms with E-state index in [2.05, 4.69) is 5.32 Å². The summed E-state index contributed by atoms with van der Waals surface area (Å²) in [7, 11) is 3.97. The predicted octanol–water partition coefficient (Wildman–Crippen LogP) is 1.33. The Morgan fingerprint density at radius 2 is 2.06 bits per heavy atom. The van der Waals surface area contributed by atoms with Gasteiger partial charge in [0.2, 0.25) is 0 Å². The van der Waals surface area contributed by atoms with Crippen LogP contribution in [0.25, 0.3) is 0 Å².